The smallest absolute Gasteiger partial charge is 0.326 e. The van der Waals surface area contributed by atoms with E-state index in [9.17, 15) is 24.3 Å². The molecule has 0 aliphatic carbocycles. The number of nitrogens with one attached hydrogen (secondary N) is 5. The van der Waals surface area contributed by atoms with Crippen LogP contribution in [0.5, 0.6) is 0 Å². The number of nitrogens with two attached hydrogens (primary N) is 3. The van der Waals surface area contributed by atoms with E-state index in [0.29, 0.717) is 18.7 Å². The second-order valence-corrected chi connectivity index (χ2v) is 9.14. The average molecular weight is 555 g/mol. The highest BCUT2D eigenvalue weighted by Gasteiger charge is 2.26. The SMILES string of the molecule is NC(N)=NCCCC(N)C(=O)NC(Cc1c[nH]c2ccccc12)C(=O)NCC(=O)NC(Cc1cnc[nH]1)C(=O)O. The Morgan fingerprint density at radius 2 is 1.80 bits per heavy atom. The lowest BCUT2D eigenvalue weighted by molar-refractivity contribution is -0.141. The minimum absolute atomic E-state index is 0.0185. The van der Waals surface area contributed by atoms with Gasteiger partial charge in [-0.2, -0.15) is 0 Å². The summed E-state index contributed by atoms with van der Waals surface area (Å²) in [6.07, 6.45) is 5.42. The van der Waals surface area contributed by atoms with Gasteiger partial charge in [0.05, 0.1) is 18.9 Å². The maximum absolute atomic E-state index is 13.1. The van der Waals surface area contributed by atoms with Gasteiger partial charge in [0, 0.05) is 48.4 Å². The fourth-order valence-electron chi connectivity index (χ4n) is 4.01. The van der Waals surface area contributed by atoms with E-state index in [1.165, 1.54) is 12.5 Å². The highest BCUT2D eigenvalue weighted by atomic mass is 16.4. The molecule has 2 aromatic heterocycles. The number of nitrogens with zero attached hydrogens (tertiary/aromatic N) is 2. The van der Waals surface area contributed by atoms with Gasteiger partial charge in [-0.25, -0.2) is 9.78 Å². The van der Waals surface area contributed by atoms with Crippen LogP contribution in [0.3, 0.4) is 0 Å². The average Bonchev–Trinajstić information content (AvgIpc) is 3.58. The summed E-state index contributed by atoms with van der Waals surface area (Å²) < 4.78 is 0. The highest BCUT2D eigenvalue weighted by molar-refractivity contribution is 5.93. The zero-order valence-electron chi connectivity index (χ0n) is 21.7. The number of hydrogen-bond donors (Lipinski definition) is 9. The minimum atomic E-state index is -1.24. The molecule has 2 heterocycles. The summed E-state index contributed by atoms with van der Waals surface area (Å²) in [5.41, 5.74) is 18.8. The molecular formula is C25H34N10O5. The van der Waals surface area contributed by atoms with Gasteiger partial charge in [0.25, 0.3) is 0 Å². The van der Waals surface area contributed by atoms with Gasteiger partial charge in [-0.15, -0.1) is 0 Å². The van der Waals surface area contributed by atoms with Crippen LogP contribution in [-0.4, -0.2) is 80.9 Å². The van der Waals surface area contributed by atoms with Gasteiger partial charge >= 0.3 is 5.97 Å². The number of hydrogen-bond acceptors (Lipinski definition) is 7. The topological polar surface area (TPSA) is 259 Å². The number of aromatic nitrogens is 3. The number of carbonyl (C=O) groups is 4. The third-order valence-corrected chi connectivity index (χ3v) is 6.07. The van der Waals surface area contributed by atoms with Gasteiger partial charge in [-0.3, -0.25) is 19.4 Å². The summed E-state index contributed by atoms with van der Waals surface area (Å²) in [5.74, 6) is -3.21. The number of amides is 3. The summed E-state index contributed by atoms with van der Waals surface area (Å²) in [4.78, 5) is 63.6. The third-order valence-electron chi connectivity index (χ3n) is 6.07. The number of para-hydroxylation sites is 1. The number of carboxylic acid groups (broad SMARTS) is 1. The lowest BCUT2D eigenvalue weighted by atomic mass is 10.0. The lowest BCUT2D eigenvalue weighted by Gasteiger charge is -2.21. The molecule has 0 radical (unpaired) electrons. The van der Waals surface area contributed by atoms with E-state index >= 15 is 0 Å². The molecular weight excluding hydrogens is 520 g/mol. The van der Waals surface area contributed by atoms with E-state index in [1.807, 2.05) is 24.3 Å². The number of aliphatic carboxylic acids is 1. The van der Waals surface area contributed by atoms with Crippen LogP contribution in [0.2, 0.25) is 0 Å². The number of carboxylic acids is 1. The molecule has 0 aliphatic rings. The van der Waals surface area contributed by atoms with Crippen LogP contribution in [0.15, 0.2) is 48.0 Å². The molecule has 0 aliphatic heterocycles. The van der Waals surface area contributed by atoms with E-state index in [-0.39, 0.29) is 25.2 Å². The molecule has 3 unspecified atom stereocenters. The van der Waals surface area contributed by atoms with Crippen molar-refractivity contribution < 1.29 is 24.3 Å². The second kappa shape index (κ2) is 14.3. The van der Waals surface area contributed by atoms with Crippen LogP contribution in [0, 0.1) is 0 Å². The predicted molar refractivity (Wildman–Crippen MR) is 147 cm³/mol. The molecule has 3 rings (SSSR count). The normalized spacial score (nSPS) is 13.1. The van der Waals surface area contributed by atoms with E-state index in [2.05, 4.69) is 35.9 Å². The third kappa shape index (κ3) is 8.83. The van der Waals surface area contributed by atoms with Gasteiger partial charge in [0.2, 0.25) is 17.7 Å². The largest absolute Gasteiger partial charge is 0.480 e. The minimum Gasteiger partial charge on any atom is -0.480 e. The summed E-state index contributed by atoms with van der Waals surface area (Å²) >= 11 is 0. The standard InChI is InChI=1S/C25H34N10O5/c26-17(5-3-7-30-25(27)28)22(37)35-19(8-14-10-31-18-6-2-1-4-16(14)18)23(38)32-12-21(36)34-20(24(39)40)9-15-11-29-13-33-15/h1-2,4,6,10-11,13,17,19-20,31H,3,5,7-9,12,26H2,(H,29,33)(H,32,38)(H,34,36)(H,35,37)(H,39,40)(H4,27,28,30). The van der Waals surface area contributed by atoms with Crippen molar-refractivity contribution in [1.29, 1.82) is 0 Å². The summed E-state index contributed by atoms with van der Waals surface area (Å²) in [6.45, 7) is -0.203. The predicted octanol–water partition coefficient (Wildman–Crippen LogP) is -1.77. The first-order chi connectivity index (χ1) is 19.1. The molecule has 40 heavy (non-hydrogen) atoms. The Bertz CT molecular complexity index is 1330. The first-order valence-corrected chi connectivity index (χ1v) is 12.6. The van der Waals surface area contributed by atoms with Gasteiger partial charge in [0.15, 0.2) is 5.96 Å². The molecule has 1 aromatic carbocycles. The Hall–Kier alpha value is -4.92. The van der Waals surface area contributed by atoms with Crippen molar-refractivity contribution in [3.63, 3.8) is 0 Å². The molecule has 3 aromatic rings. The van der Waals surface area contributed by atoms with Crippen LogP contribution in [-0.2, 0) is 32.0 Å². The van der Waals surface area contributed by atoms with E-state index in [4.69, 9.17) is 17.2 Å². The number of imidazole rings is 1. The summed E-state index contributed by atoms with van der Waals surface area (Å²) in [7, 11) is 0. The number of fused-ring (bicyclic) bond motifs is 1. The quantitative estimate of drug-likeness (QED) is 0.0584. The van der Waals surface area contributed by atoms with Gasteiger partial charge in [0.1, 0.15) is 12.1 Å². The van der Waals surface area contributed by atoms with E-state index in [0.717, 1.165) is 16.5 Å². The van der Waals surface area contributed by atoms with Crippen molar-refractivity contribution >= 4 is 40.6 Å². The lowest BCUT2D eigenvalue weighted by Crippen LogP contribution is -2.54. The van der Waals surface area contributed by atoms with Crippen molar-refractivity contribution in [2.45, 2.75) is 43.8 Å². The van der Waals surface area contributed by atoms with Crippen molar-refractivity contribution in [1.82, 2.24) is 30.9 Å². The maximum Gasteiger partial charge on any atom is 0.326 e. The number of rotatable bonds is 15. The van der Waals surface area contributed by atoms with Crippen LogP contribution in [0.25, 0.3) is 10.9 Å². The molecule has 15 heteroatoms. The molecule has 3 amide bonds. The van der Waals surface area contributed by atoms with Crippen LogP contribution in [0.1, 0.15) is 24.1 Å². The Balaban J connectivity index is 1.64. The first-order valence-electron chi connectivity index (χ1n) is 12.6. The molecule has 3 atom stereocenters. The maximum atomic E-state index is 13.1. The molecule has 0 fully saturated rings. The van der Waals surface area contributed by atoms with E-state index in [1.54, 1.807) is 6.20 Å². The molecule has 15 nitrogen and oxygen atoms in total. The molecule has 214 valence electrons. The number of carbonyl (C=O) groups excluding carboxylic acids is 3. The monoisotopic (exact) mass is 554 g/mol. The molecule has 12 N–H and O–H groups in total. The number of guanidine groups is 1. The summed E-state index contributed by atoms with van der Waals surface area (Å²) in [5, 5.41) is 17.8. The number of aromatic amines is 2. The number of benzene rings is 1. The Morgan fingerprint density at radius 3 is 2.50 bits per heavy atom. The van der Waals surface area contributed by atoms with Crippen molar-refractivity contribution in [3.05, 3.63) is 54.2 Å². The fourth-order valence-corrected chi connectivity index (χ4v) is 4.01. The Kier molecular flexibility index (Phi) is 10.6. The zero-order chi connectivity index (χ0) is 29.1. The van der Waals surface area contributed by atoms with E-state index < -0.39 is 48.4 Å². The molecule has 0 saturated heterocycles. The molecule has 0 spiro atoms. The molecule has 0 saturated carbocycles. The van der Waals surface area contributed by atoms with Crippen LogP contribution < -0.4 is 33.2 Å². The first kappa shape index (κ1) is 29.6. The highest BCUT2D eigenvalue weighted by Crippen LogP contribution is 2.19. The molecule has 0 bridgehead atoms. The van der Waals surface area contributed by atoms with Crippen LogP contribution in [0.4, 0.5) is 0 Å². The van der Waals surface area contributed by atoms with Gasteiger partial charge < -0.3 is 48.2 Å². The van der Waals surface area contributed by atoms with Gasteiger partial charge in [-0.1, -0.05) is 18.2 Å². The number of aliphatic imine (C=N–C) groups is 1. The van der Waals surface area contributed by atoms with Gasteiger partial charge in [-0.05, 0) is 24.5 Å². The Morgan fingerprint density at radius 1 is 1.02 bits per heavy atom. The fraction of sp³-hybridized carbons (Fsp3) is 0.360. The van der Waals surface area contributed by atoms with Crippen LogP contribution >= 0.6 is 0 Å². The van der Waals surface area contributed by atoms with Crippen molar-refractivity contribution in [3.8, 4) is 0 Å². The Labute approximate surface area is 229 Å². The summed E-state index contributed by atoms with van der Waals surface area (Å²) in [6, 6.07) is 4.26. The second-order valence-electron chi connectivity index (χ2n) is 9.14. The zero-order valence-corrected chi connectivity index (χ0v) is 21.7. The van der Waals surface area contributed by atoms with Crippen molar-refractivity contribution in [2.24, 2.45) is 22.2 Å². The number of H-pyrrole nitrogens is 2. The van der Waals surface area contributed by atoms with Crippen molar-refractivity contribution in [2.75, 3.05) is 13.1 Å².